The Morgan fingerprint density at radius 1 is 0.269 bits per heavy atom. The Hall–Kier alpha value is -3.67. The second-order valence-electron chi connectivity index (χ2n) is 22.0. The fourth-order valence-corrected chi connectivity index (χ4v) is 9.36. The summed E-state index contributed by atoms with van der Waals surface area (Å²) in [5.74, 6) is -0.894. The highest BCUT2D eigenvalue weighted by Gasteiger charge is 2.19. The highest BCUT2D eigenvalue weighted by molar-refractivity contribution is 5.71. The number of carbonyl (C=O) groups is 3. The molecular formula is C72H124O6. The molecule has 0 radical (unpaired) electrons. The average molecular weight is 1090 g/mol. The van der Waals surface area contributed by atoms with Crippen molar-refractivity contribution in [1.82, 2.24) is 0 Å². The smallest absolute Gasteiger partial charge is 0.306 e. The summed E-state index contributed by atoms with van der Waals surface area (Å²) in [6.45, 7) is 6.51. The number of rotatable bonds is 60. The van der Waals surface area contributed by atoms with Gasteiger partial charge in [0.15, 0.2) is 6.10 Å². The van der Waals surface area contributed by atoms with Crippen LogP contribution < -0.4 is 0 Å². The van der Waals surface area contributed by atoms with Gasteiger partial charge in [-0.15, -0.1) is 0 Å². The monoisotopic (exact) mass is 1080 g/mol. The maximum atomic E-state index is 12.9. The first-order valence-electron chi connectivity index (χ1n) is 33.2. The van der Waals surface area contributed by atoms with Crippen LogP contribution in [0.25, 0.3) is 0 Å². The molecule has 0 aromatic heterocycles. The van der Waals surface area contributed by atoms with Crippen LogP contribution in [0.4, 0.5) is 0 Å². The minimum absolute atomic E-state index is 0.0831. The van der Waals surface area contributed by atoms with Crippen LogP contribution in [0.1, 0.15) is 323 Å². The number of unbranched alkanes of at least 4 members (excludes halogenated alkanes) is 33. The van der Waals surface area contributed by atoms with Gasteiger partial charge in [-0.3, -0.25) is 14.4 Å². The van der Waals surface area contributed by atoms with E-state index in [4.69, 9.17) is 14.2 Å². The van der Waals surface area contributed by atoms with Crippen LogP contribution in [0.3, 0.4) is 0 Å². The summed E-state index contributed by atoms with van der Waals surface area (Å²) in [7, 11) is 0. The molecule has 0 aliphatic heterocycles. The zero-order valence-electron chi connectivity index (χ0n) is 51.4. The molecule has 0 saturated carbocycles. The van der Waals surface area contributed by atoms with Gasteiger partial charge in [0.1, 0.15) is 13.2 Å². The zero-order chi connectivity index (χ0) is 56.4. The molecule has 0 aliphatic rings. The number of ether oxygens (including phenoxy) is 3. The van der Waals surface area contributed by atoms with E-state index < -0.39 is 6.10 Å². The average Bonchev–Trinajstić information content (AvgIpc) is 3.44. The predicted octanol–water partition coefficient (Wildman–Crippen LogP) is 22.8. The van der Waals surface area contributed by atoms with Gasteiger partial charge < -0.3 is 14.2 Å². The van der Waals surface area contributed by atoms with Crippen molar-refractivity contribution in [3.05, 3.63) is 97.2 Å². The van der Waals surface area contributed by atoms with E-state index in [-0.39, 0.29) is 31.1 Å². The van der Waals surface area contributed by atoms with Crippen molar-refractivity contribution in [2.45, 2.75) is 329 Å². The van der Waals surface area contributed by atoms with Crippen molar-refractivity contribution in [2.75, 3.05) is 13.2 Å². The number of hydrogen-bond acceptors (Lipinski definition) is 6. The molecule has 448 valence electrons. The number of allylic oxidation sites excluding steroid dienone is 16. The third-order valence-electron chi connectivity index (χ3n) is 14.3. The molecule has 1 atom stereocenters. The number of esters is 3. The Morgan fingerprint density at radius 3 is 0.782 bits per heavy atom. The van der Waals surface area contributed by atoms with Crippen molar-refractivity contribution in [2.24, 2.45) is 0 Å². The van der Waals surface area contributed by atoms with Crippen LogP contribution >= 0.6 is 0 Å². The van der Waals surface area contributed by atoms with Crippen LogP contribution in [-0.4, -0.2) is 37.2 Å². The van der Waals surface area contributed by atoms with Crippen molar-refractivity contribution in [3.8, 4) is 0 Å². The first kappa shape index (κ1) is 74.3. The van der Waals surface area contributed by atoms with Crippen LogP contribution in [0.15, 0.2) is 97.2 Å². The quantitative estimate of drug-likeness (QED) is 0.0261. The summed E-state index contributed by atoms with van der Waals surface area (Å²) < 4.78 is 16.9. The largest absolute Gasteiger partial charge is 0.462 e. The maximum Gasteiger partial charge on any atom is 0.306 e. The van der Waals surface area contributed by atoms with E-state index in [0.717, 1.165) is 122 Å². The molecule has 78 heavy (non-hydrogen) atoms. The number of hydrogen-bond donors (Lipinski definition) is 0. The topological polar surface area (TPSA) is 78.9 Å². The lowest BCUT2D eigenvalue weighted by Crippen LogP contribution is -2.30. The lowest BCUT2D eigenvalue weighted by atomic mass is 10.0. The van der Waals surface area contributed by atoms with Crippen LogP contribution in [0.2, 0.25) is 0 Å². The zero-order valence-corrected chi connectivity index (χ0v) is 51.4. The van der Waals surface area contributed by atoms with Crippen LogP contribution in [0.5, 0.6) is 0 Å². The molecule has 6 nitrogen and oxygen atoms in total. The Bertz CT molecular complexity index is 1530. The Balaban J connectivity index is 4.23. The molecule has 0 heterocycles. The minimum atomic E-state index is -0.787. The number of carbonyl (C=O) groups excluding carboxylic acids is 3. The lowest BCUT2D eigenvalue weighted by molar-refractivity contribution is -0.167. The van der Waals surface area contributed by atoms with Crippen molar-refractivity contribution < 1.29 is 28.6 Å². The van der Waals surface area contributed by atoms with Crippen LogP contribution in [-0.2, 0) is 28.6 Å². The Labute approximate surface area is 483 Å². The summed E-state index contributed by atoms with van der Waals surface area (Å²) in [6.07, 6.45) is 88.6. The Morgan fingerprint density at radius 2 is 0.500 bits per heavy atom. The predicted molar refractivity (Wildman–Crippen MR) is 339 cm³/mol. The molecule has 6 heteroatoms. The lowest BCUT2D eigenvalue weighted by Gasteiger charge is -2.18. The van der Waals surface area contributed by atoms with E-state index >= 15 is 0 Å². The fourth-order valence-electron chi connectivity index (χ4n) is 9.36. The SMILES string of the molecule is CC/C=C\C/C=C\C/C=C\C/C=C\C/C=C\CCCCCCCC(=O)OC(COC(=O)CCCCCCCCCCCC)COC(=O)CCCCCCCCCCCCCCCC/C=C\C/C=C\C/C=C\CCCCCCC. The highest BCUT2D eigenvalue weighted by atomic mass is 16.6. The molecule has 0 aromatic rings. The second kappa shape index (κ2) is 65.8. The Kier molecular flexibility index (Phi) is 62.7. The van der Waals surface area contributed by atoms with Gasteiger partial charge in [0.2, 0.25) is 0 Å². The second-order valence-corrected chi connectivity index (χ2v) is 22.0. The van der Waals surface area contributed by atoms with Crippen molar-refractivity contribution >= 4 is 17.9 Å². The third-order valence-corrected chi connectivity index (χ3v) is 14.3. The molecule has 0 rings (SSSR count). The summed E-state index contributed by atoms with van der Waals surface area (Å²) in [5, 5.41) is 0. The van der Waals surface area contributed by atoms with Gasteiger partial charge in [0.05, 0.1) is 0 Å². The van der Waals surface area contributed by atoms with E-state index in [2.05, 4.69) is 118 Å². The van der Waals surface area contributed by atoms with Gasteiger partial charge in [-0.25, -0.2) is 0 Å². The summed E-state index contributed by atoms with van der Waals surface area (Å²) in [5.41, 5.74) is 0. The highest BCUT2D eigenvalue weighted by Crippen LogP contribution is 2.16. The first-order chi connectivity index (χ1) is 38.5. The van der Waals surface area contributed by atoms with E-state index in [0.29, 0.717) is 19.3 Å². The van der Waals surface area contributed by atoms with Gasteiger partial charge >= 0.3 is 17.9 Å². The molecule has 1 unspecified atom stereocenters. The third kappa shape index (κ3) is 63.2. The molecule has 0 spiro atoms. The van der Waals surface area contributed by atoms with Crippen molar-refractivity contribution in [1.29, 1.82) is 0 Å². The van der Waals surface area contributed by atoms with E-state index in [1.807, 2.05) is 0 Å². The molecule has 0 fully saturated rings. The molecule has 0 aliphatic carbocycles. The van der Waals surface area contributed by atoms with Gasteiger partial charge in [-0.1, -0.05) is 298 Å². The van der Waals surface area contributed by atoms with Gasteiger partial charge in [-0.2, -0.15) is 0 Å². The fraction of sp³-hybridized carbons (Fsp3) is 0.736. The van der Waals surface area contributed by atoms with Gasteiger partial charge in [0.25, 0.3) is 0 Å². The van der Waals surface area contributed by atoms with E-state index in [1.54, 1.807) is 0 Å². The van der Waals surface area contributed by atoms with Gasteiger partial charge in [0, 0.05) is 19.3 Å². The summed E-state index contributed by atoms with van der Waals surface area (Å²) >= 11 is 0. The molecule has 0 bridgehead atoms. The summed E-state index contributed by atoms with van der Waals surface area (Å²) in [6, 6.07) is 0. The van der Waals surface area contributed by atoms with E-state index in [1.165, 1.54) is 161 Å². The van der Waals surface area contributed by atoms with Crippen LogP contribution in [0, 0.1) is 0 Å². The normalized spacial score (nSPS) is 12.7. The van der Waals surface area contributed by atoms with Crippen molar-refractivity contribution in [3.63, 3.8) is 0 Å². The van der Waals surface area contributed by atoms with E-state index in [9.17, 15) is 14.4 Å². The first-order valence-corrected chi connectivity index (χ1v) is 33.2. The minimum Gasteiger partial charge on any atom is -0.462 e. The molecule has 0 saturated heterocycles. The molecule has 0 aromatic carbocycles. The van der Waals surface area contributed by atoms with Gasteiger partial charge in [-0.05, 0) is 103 Å². The molecule has 0 N–H and O–H groups in total. The summed E-state index contributed by atoms with van der Waals surface area (Å²) in [4.78, 5) is 38.3. The maximum absolute atomic E-state index is 12.9. The standard InChI is InChI=1S/C72H124O6/c1-4-7-10-13-16-19-22-24-26-28-30-32-33-34-35-36-37-38-39-41-42-44-46-48-50-53-56-59-62-65-71(74)77-68-69(67-76-70(73)64-61-58-55-52-21-18-15-12-9-6-3)78-72(75)66-63-60-57-54-51-49-47-45-43-40-31-29-27-25-23-20-17-14-11-8-5-2/h8,11,17,20,22,24-25,27-28,30-31,33-34,40,45,47,69H,4-7,9-10,12-16,18-19,21,23,26,29,32,35-39,41-44,46,48-68H2,1-3H3/b11-8-,20-17-,24-22-,27-25-,30-28-,34-33-,40-31-,47-45-. The molecule has 0 amide bonds. The molecular weight excluding hydrogens is 961 g/mol.